The summed E-state index contributed by atoms with van der Waals surface area (Å²) in [6.07, 6.45) is 1.66. The van der Waals surface area contributed by atoms with Crippen LogP contribution < -0.4 is 14.8 Å². The molecule has 34 heavy (non-hydrogen) atoms. The lowest BCUT2D eigenvalue weighted by Gasteiger charge is -2.10. The van der Waals surface area contributed by atoms with E-state index in [-0.39, 0.29) is 18.1 Å². The molecule has 0 aliphatic carbocycles. The Morgan fingerprint density at radius 3 is 2.41 bits per heavy atom. The SMILES string of the molecule is COc1ccc(OC)c(-c2nn(-c3ccccc3)cc2C(=O)NCc2ccc([N+](=O)[O-])cc2)c1. The summed E-state index contributed by atoms with van der Waals surface area (Å²) in [6.45, 7) is 0.196. The number of nitrogens with zero attached hydrogens (tertiary/aromatic N) is 3. The summed E-state index contributed by atoms with van der Waals surface area (Å²) >= 11 is 0. The minimum Gasteiger partial charge on any atom is -0.497 e. The highest BCUT2D eigenvalue weighted by atomic mass is 16.6. The molecule has 0 aliphatic rings. The van der Waals surface area contributed by atoms with Gasteiger partial charge in [-0.05, 0) is 35.9 Å². The monoisotopic (exact) mass is 458 g/mol. The Hall–Kier alpha value is -4.66. The minimum absolute atomic E-state index is 0.00776. The molecule has 4 rings (SSSR count). The number of carbonyl (C=O) groups is 1. The molecule has 0 unspecified atom stereocenters. The third-order valence-corrected chi connectivity index (χ3v) is 5.24. The van der Waals surface area contributed by atoms with Gasteiger partial charge >= 0.3 is 0 Å². The normalized spacial score (nSPS) is 10.5. The molecule has 0 saturated carbocycles. The summed E-state index contributed by atoms with van der Waals surface area (Å²) in [5.74, 6) is 0.797. The van der Waals surface area contributed by atoms with E-state index >= 15 is 0 Å². The van der Waals surface area contributed by atoms with Crippen LogP contribution in [0.25, 0.3) is 16.9 Å². The van der Waals surface area contributed by atoms with E-state index in [0.29, 0.717) is 28.3 Å². The largest absolute Gasteiger partial charge is 0.497 e. The van der Waals surface area contributed by atoms with Crippen LogP contribution in [0.5, 0.6) is 11.5 Å². The Balaban J connectivity index is 1.70. The molecule has 0 bridgehead atoms. The molecule has 0 fully saturated rings. The second-order valence-electron chi connectivity index (χ2n) is 7.34. The van der Waals surface area contributed by atoms with Gasteiger partial charge in [-0.1, -0.05) is 30.3 Å². The van der Waals surface area contributed by atoms with Crippen molar-refractivity contribution in [3.8, 4) is 28.4 Å². The summed E-state index contributed by atoms with van der Waals surface area (Å²) in [6, 6.07) is 20.8. The highest BCUT2D eigenvalue weighted by Crippen LogP contribution is 2.35. The fraction of sp³-hybridized carbons (Fsp3) is 0.120. The first kappa shape index (κ1) is 22.5. The van der Waals surface area contributed by atoms with Crippen molar-refractivity contribution >= 4 is 11.6 Å². The van der Waals surface area contributed by atoms with Crippen LogP contribution in [0, 0.1) is 10.1 Å². The van der Waals surface area contributed by atoms with E-state index in [0.717, 1.165) is 11.3 Å². The van der Waals surface area contributed by atoms with Crippen LogP contribution in [0.3, 0.4) is 0 Å². The molecule has 1 aromatic heterocycles. The predicted molar refractivity (Wildman–Crippen MR) is 126 cm³/mol. The number of nitro groups is 1. The molecule has 1 amide bonds. The Kier molecular flexibility index (Phi) is 6.54. The van der Waals surface area contributed by atoms with Crippen LogP contribution in [0.1, 0.15) is 15.9 Å². The maximum absolute atomic E-state index is 13.2. The quantitative estimate of drug-likeness (QED) is 0.310. The Morgan fingerprint density at radius 2 is 1.76 bits per heavy atom. The van der Waals surface area contributed by atoms with Gasteiger partial charge in [-0.15, -0.1) is 0 Å². The number of benzene rings is 3. The number of aromatic nitrogens is 2. The van der Waals surface area contributed by atoms with Crippen LogP contribution in [-0.4, -0.2) is 34.8 Å². The van der Waals surface area contributed by atoms with Crippen LogP contribution in [-0.2, 0) is 6.54 Å². The molecular weight excluding hydrogens is 436 g/mol. The van der Waals surface area contributed by atoms with Crippen LogP contribution in [0.2, 0.25) is 0 Å². The zero-order valence-corrected chi connectivity index (χ0v) is 18.6. The third-order valence-electron chi connectivity index (χ3n) is 5.24. The van der Waals surface area contributed by atoms with Crippen molar-refractivity contribution < 1.29 is 19.2 Å². The van der Waals surface area contributed by atoms with Gasteiger partial charge in [0.15, 0.2) is 0 Å². The average molecular weight is 458 g/mol. The highest BCUT2D eigenvalue weighted by molar-refractivity contribution is 6.00. The third kappa shape index (κ3) is 4.73. The number of nitro benzene ring substituents is 1. The van der Waals surface area contributed by atoms with Gasteiger partial charge in [-0.2, -0.15) is 5.10 Å². The zero-order chi connectivity index (χ0) is 24.1. The molecule has 0 atom stereocenters. The van der Waals surface area contributed by atoms with Crippen molar-refractivity contribution in [3.05, 3.63) is 100 Å². The molecule has 1 heterocycles. The van der Waals surface area contributed by atoms with Crippen molar-refractivity contribution in [1.29, 1.82) is 0 Å². The molecule has 1 N–H and O–H groups in total. The number of hydrogen-bond acceptors (Lipinski definition) is 6. The van der Waals surface area contributed by atoms with Crippen molar-refractivity contribution in [2.75, 3.05) is 14.2 Å². The number of carbonyl (C=O) groups excluding carboxylic acids is 1. The lowest BCUT2D eigenvalue weighted by molar-refractivity contribution is -0.384. The van der Waals surface area contributed by atoms with Crippen molar-refractivity contribution in [3.63, 3.8) is 0 Å². The van der Waals surface area contributed by atoms with Gasteiger partial charge < -0.3 is 14.8 Å². The zero-order valence-electron chi connectivity index (χ0n) is 18.6. The van der Waals surface area contributed by atoms with Gasteiger partial charge in [0.1, 0.15) is 17.2 Å². The van der Waals surface area contributed by atoms with E-state index in [2.05, 4.69) is 10.4 Å². The van der Waals surface area contributed by atoms with E-state index in [9.17, 15) is 14.9 Å². The van der Waals surface area contributed by atoms with Crippen LogP contribution in [0.4, 0.5) is 5.69 Å². The van der Waals surface area contributed by atoms with E-state index in [1.165, 1.54) is 12.1 Å². The molecule has 3 aromatic carbocycles. The molecule has 0 radical (unpaired) electrons. The summed E-state index contributed by atoms with van der Waals surface area (Å²) in [5, 5.41) is 18.4. The second-order valence-corrected chi connectivity index (χ2v) is 7.34. The number of amides is 1. The topological polar surface area (TPSA) is 109 Å². The number of hydrogen-bond donors (Lipinski definition) is 1. The summed E-state index contributed by atoms with van der Waals surface area (Å²) in [7, 11) is 3.11. The van der Waals surface area contributed by atoms with Gasteiger partial charge in [0.2, 0.25) is 0 Å². The number of non-ortho nitro benzene ring substituents is 1. The summed E-state index contributed by atoms with van der Waals surface area (Å²) in [5.41, 5.74) is 2.90. The lowest BCUT2D eigenvalue weighted by Crippen LogP contribution is -2.23. The van der Waals surface area contributed by atoms with Gasteiger partial charge in [0.25, 0.3) is 11.6 Å². The van der Waals surface area contributed by atoms with Crippen molar-refractivity contribution in [2.24, 2.45) is 0 Å². The van der Waals surface area contributed by atoms with Crippen LogP contribution in [0.15, 0.2) is 79.0 Å². The molecule has 0 spiro atoms. The molecule has 0 saturated heterocycles. The van der Waals surface area contributed by atoms with E-state index in [1.54, 1.807) is 55.4 Å². The van der Waals surface area contributed by atoms with E-state index in [4.69, 9.17) is 9.47 Å². The highest BCUT2D eigenvalue weighted by Gasteiger charge is 2.22. The maximum Gasteiger partial charge on any atom is 0.269 e. The van der Waals surface area contributed by atoms with E-state index in [1.807, 2.05) is 30.3 Å². The first-order valence-electron chi connectivity index (χ1n) is 10.4. The smallest absolute Gasteiger partial charge is 0.269 e. The summed E-state index contributed by atoms with van der Waals surface area (Å²) < 4.78 is 12.5. The first-order valence-corrected chi connectivity index (χ1v) is 10.4. The summed E-state index contributed by atoms with van der Waals surface area (Å²) in [4.78, 5) is 23.6. The van der Waals surface area contributed by atoms with Gasteiger partial charge in [0.05, 0.1) is 30.4 Å². The molecule has 4 aromatic rings. The number of rotatable bonds is 8. The number of ether oxygens (including phenoxy) is 2. The maximum atomic E-state index is 13.2. The van der Waals surface area contributed by atoms with Crippen molar-refractivity contribution in [1.82, 2.24) is 15.1 Å². The van der Waals surface area contributed by atoms with E-state index < -0.39 is 4.92 Å². The van der Waals surface area contributed by atoms with Crippen LogP contribution >= 0.6 is 0 Å². The van der Waals surface area contributed by atoms with Gasteiger partial charge in [-0.3, -0.25) is 14.9 Å². The molecule has 9 heteroatoms. The number of methoxy groups -OCH3 is 2. The predicted octanol–water partition coefficient (Wildman–Crippen LogP) is 4.39. The molecule has 9 nitrogen and oxygen atoms in total. The Bertz CT molecular complexity index is 1320. The Morgan fingerprint density at radius 1 is 1.03 bits per heavy atom. The molecule has 0 aliphatic heterocycles. The fourth-order valence-electron chi connectivity index (χ4n) is 3.46. The Labute approximate surface area is 195 Å². The lowest BCUT2D eigenvalue weighted by atomic mass is 10.1. The average Bonchev–Trinajstić information content (AvgIpc) is 3.33. The fourth-order valence-corrected chi connectivity index (χ4v) is 3.46. The number of para-hydroxylation sites is 1. The van der Waals surface area contributed by atoms with Gasteiger partial charge in [-0.25, -0.2) is 4.68 Å². The number of nitrogens with one attached hydrogen (secondary N) is 1. The standard InChI is InChI=1S/C25H22N4O5/c1-33-20-12-13-23(34-2)21(14-20)24-22(16-28(27-24)18-6-4-3-5-7-18)25(30)26-15-17-8-10-19(11-9-17)29(31)32/h3-14,16H,15H2,1-2H3,(H,26,30). The minimum atomic E-state index is -0.464. The second kappa shape index (κ2) is 9.86. The molecular formula is C25H22N4O5. The molecule has 172 valence electrons. The van der Waals surface area contributed by atoms with Gasteiger partial charge in [0, 0.05) is 30.4 Å². The first-order chi connectivity index (χ1) is 16.5. The van der Waals surface area contributed by atoms with Crippen molar-refractivity contribution in [2.45, 2.75) is 6.54 Å².